The predicted molar refractivity (Wildman–Crippen MR) is 239 cm³/mol. The number of rotatable bonds is 18. The Hall–Kier alpha value is -0.150. The van der Waals surface area contributed by atoms with Crippen LogP contribution in [0, 0.1) is 17.9 Å². The molecule has 0 aromatic heterocycles. The molecule has 0 radical (unpaired) electrons. The molecule has 0 saturated heterocycles. The van der Waals surface area contributed by atoms with Crippen LogP contribution < -0.4 is 26.6 Å². The summed E-state index contributed by atoms with van der Waals surface area (Å²) in [7, 11) is 0. The Morgan fingerprint density at radius 3 is 1.45 bits per heavy atom. The second-order valence-electron chi connectivity index (χ2n) is 10.8. The van der Waals surface area contributed by atoms with Gasteiger partial charge >= 0.3 is 0 Å². The van der Waals surface area contributed by atoms with Crippen LogP contribution in [0.5, 0.6) is 0 Å². The molecule has 53 heavy (non-hydrogen) atoms. The Balaban J connectivity index is 2.54. The van der Waals surface area contributed by atoms with E-state index in [0.29, 0.717) is 7.14 Å². The highest BCUT2D eigenvalue weighted by Crippen LogP contribution is 2.36. The zero-order valence-corrected chi connectivity index (χ0v) is 39.7. The van der Waals surface area contributed by atoms with Gasteiger partial charge in [-0.2, -0.15) is 0 Å². The molecule has 2 rings (SSSR count). The lowest BCUT2D eigenvalue weighted by Crippen LogP contribution is -2.48. The van der Waals surface area contributed by atoms with E-state index in [0.717, 1.165) is 0 Å². The summed E-state index contributed by atoms with van der Waals surface area (Å²) in [6.45, 7) is -3.95. The quantitative estimate of drug-likeness (QED) is 0.0476. The first kappa shape index (κ1) is 49.0. The van der Waals surface area contributed by atoms with Crippen LogP contribution in [0.2, 0.25) is 0 Å². The number of nitrogens with one attached hydrogen (secondary N) is 5. The molecule has 0 saturated carbocycles. The van der Waals surface area contributed by atoms with Gasteiger partial charge in [-0.1, -0.05) is 0 Å². The lowest BCUT2D eigenvalue weighted by atomic mass is 10.1. The van der Waals surface area contributed by atoms with Crippen molar-refractivity contribution in [3.05, 3.63) is 52.2 Å². The summed E-state index contributed by atoms with van der Waals surface area (Å²) in [6.07, 6.45) is -4.30. The van der Waals surface area contributed by atoms with E-state index in [2.05, 4.69) is 26.6 Å². The number of anilines is 1. The molecule has 13 N–H and O–H groups in total. The number of hydrogen-bond donors (Lipinski definition) is 13. The summed E-state index contributed by atoms with van der Waals surface area (Å²) in [4.78, 5) is 66.9. The van der Waals surface area contributed by atoms with Crippen LogP contribution in [0.1, 0.15) is 41.4 Å². The Bertz CT molecular complexity index is 1630. The fourth-order valence-electron chi connectivity index (χ4n) is 4.15. The molecular formula is C29H33I6N5O13. The van der Waals surface area contributed by atoms with Crippen molar-refractivity contribution in [2.24, 2.45) is 0 Å². The van der Waals surface area contributed by atoms with Gasteiger partial charge in [-0.25, -0.2) is 0 Å². The number of alkyl halides is 1. The molecule has 0 aliphatic rings. The second-order valence-corrected chi connectivity index (χ2v) is 17.6. The molecule has 5 amide bonds. The first-order chi connectivity index (χ1) is 24.9. The Morgan fingerprint density at radius 2 is 1.04 bits per heavy atom. The van der Waals surface area contributed by atoms with Crippen molar-refractivity contribution in [1.29, 1.82) is 0 Å². The second kappa shape index (κ2) is 23.3. The SMILES string of the molecule is O=C(NCC(O)CO)c1cc(C(=O)NC(I)C(=O)Nc2c(I)c(C(=O)NC(CO)C(O)CO)c(I)c(C(=O)NC(CO)C(O)CO)c2I)c(I)cc1I. The standard InChI is InChI=1S/C29H33I6N5O13/c30-12-2-13(31)11(1-10(12)25(49)36-3-9(46)4-41)26(50)40-24(35)29(53)39-23-21(33)18(27(51)37-14(5-42)16(47)7-44)20(32)19(22(23)34)28(52)38-15(6-43)17(48)8-45/h1-2,9,14-17,24,41-48H,3-8H2,(H,36,49)(H,37,51)(H,38,52)(H,39,53)(H,40,50). The van der Waals surface area contributed by atoms with E-state index >= 15 is 0 Å². The number of carbonyl (C=O) groups is 5. The molecule has 18 nitrogen and oxygen atoms in total. The fourth-order valence-corrected chi connectivity index (χ4v) is 11.0. The van der Waals surface area contributed by atoms with Crippen LogP contribution in [0.3, 0.4) is 0 Å². The van der Waals surface area contributed by atoms with Gasteiger partial charge in [-0.15, -0.1) is 0 Å². The predicted octanol–water partition coefficient (Wildman–Crippen LogP) is -1.19. The minimum Gasteiger partial charge on any atom is -0.394 e. The van der Waals surface area contributed by atoms with E-state index in [4.69, 9.17) is 5.11 Å². The van der Waals surface area contributed by atoms with Crippen molar-refractivity contribution < 1.29 is 64.8 Å². The van der Waals surface area contributed by atoms with Gasteiger partial charge in [0, 0.05) is 17.3 Å². The average Bonchev–Trinajstić information content (AvgIpc) is 3.12. The van der Waals surface area contributed by atoms with Crippen LogP contribution in [-0.2, 0) is 4.79 Å². The van der Waals surface area contributed by atoms with Crippen molar-refractivity contribution in [3.63, 3.8) is 0 Å². The maximum absolute atomic E-state index is 13.6. The molecule has 0 fully saturated rings. The highest BCUT2D eigenvalue weighted by atomic mass is 127. The van der Waals surface area contributed by atoms with E-state index in [1.54, 1.807) is 96.4 Å². The van der Waals surface area contributed by atoms with Crippen molar-refractivity contribution in [2.75, 3.05) is 44.9 Å². The molecule has 0 aliphatic heterocycles. The molecule has 0 heterocycles. The Labute approximate surface area is 383 Å². The van der Waals surface area contributed by atoms with Crippen LogP contribution >= 0.6 is 136 Å². The van der Waals surface area contributed by atoms with Crippen molar-refractivity contribution in [1.82, 2.24) is 21.3 Å². The Morgan fingerprint density at radius 1 is 0.585 bits per heavy atom. The van der Waals surface area contributed by atoms with E-state index < -0.39 is 97.0 Å². The third kappa shape index (κ3) is 13.2. The maximum Gasteiger partial charge on any atom is 0.257 e. The first-order valence-electron chi connectivity index (χ1n) is 14.8. The van der Waals surface area contributed by atoms with Crippen molar-refractivity contribution in [2.45, 2.75) is 34.4 Å². The van der Waals surface area contributed by atoms with E-state index in [1.165, 1.54) is 6.07 Å². The lowest BCUT2D eigenvalue weighted by Gasteiger charge is -2.25. The molecular weight excluding hydrogens is 1390 g/mol. The number of aliphatic hydroxyl groups is 8. The number of amides is 5. The van der Waals surface area contributed by atoms with Crippen LogP contribution in [0.15, 0.2) is 12.1 Å². The molecule has 24 heteroatoms. The number of aliphatic hydroxyl groups excluding tert-OH is 8. The number of carbonyl (C=O) groups excluding carboxylic acids is 5. The van der Waals surface area contributed by atoms with E-state index in [-0.39, 0.29) is 45.2 Å². The van der Waals surface area contributed by atoms with Gasteiger partial charge in [0.25, 0.3) is 29.5 Å². The maximum atomic E-state index is 13.6. The zero-order valence-electron chi connectivity index (χ0n) is 26.7. The minimum atomic E-state index is -1.56. The summed E-state index contributed by atoms with van der Waals surface area (Å²) < 4.78 is -0.163. The normalized spacial score (nSPS) is 14.6. The van der Waals surface area contributed by atoms with Gasteiger partial charge in [-0.05, 0) is 148 Å². The van der Waals surface area contributed by atoms with Crippen LogP contribution in [0.4, 0.5) is 5.69 Å². The van der Waals surface area contributed by atoms with Gasteiger partial charge in [0.05, 0.1) is 98.5 Å². The third-order valence-corrected chi connectivity index (χ3v) is 13.0. The molecule has 2 aromatic rings. The van der Waals surface area contributed by atoms with Crippen LogP contribution in [0.25, 0.3) is 0 Å². The summed E-state index contributed by atoms with van der Waals surface area (Å²) in [5.41, 5.74) is -0.323. The Kier molecular flexibility index (Phi) is 21.5. The van der Waals surface area contributed by atoms with Gasteiger partial charge in [0.2, 0.25) is 0 Å². The molecule has 6 unspecified atom stereocenters. The van der Waals surface area contributed by atoms with Gasteiger partial charge in [0.1, 0.15) is 0 Å². The van der Waals surface area contributed by atoms with Crippen LogP contribution in [-0.4, -0.2) is 144 Å². The minimum absolute atomic E-state index is 0.0214. The number of halogens is 6. The van der Waals surface area contributed by atoms with Crippen molar-refractivity contribution in [3.8, 4) is 0 Å². The van der Waals surface area contributed by atoms with Gasteiger partial charge in [-0.3, -0.25) is 24.0 Å². The van der Waals surface area contributed by atoms with E-state index in [1.807, 2.05) is 45.2 Å². The first-order valence-corrected chi connectivity index (χ1v) is 21.5. The third-order valence-electron chi connectivity index (χ3n) is 7.09. The summed E-state index contributed by atoms with van der Waals surface area (Å²) in [5.74, 6) is -4.02. The highest BCUT2D eigenvalue weighted by Gasteiger charge is 2.33. The van der Waals surface area contributed by atoms with Gasteiger partial charge < -0.3 is 67.4 Å². The highest BCUT2D eigenvalue weighted by molar-refractivity contribution is 14.1. The van der Waals surface area contributed by atoms with E-state index in [9.17, 15) is 59.7 Å². The lowest BCUT2D eigenvalue weighted by molar-refractivity contribution is -0.115. The molecule has 0 spiro atoms. The number of benzene rings is 2. The van der Waals surface area contributed by atoms with Crippen molar-refractivity contribution >= 4 is 171 Å². The summed E-state index contributed by atoms with van der Waals surface area (Å²) in [5, 5.41) is 89.3. The average molecular weight is 1420 g/mol. The molecule has 0 aliphatic carbocycles. The largest absolute Gasteiger partial charge is 0.394 e. The summed E-state index contributed by atoms with van der Waals surface area (Å²) in [6, 6.07) is 0.211. The zero-order chi connectivity index (χ0) is 40.3. The number of hydrogen-bond acceptors (Lipinski definition) is 13. The molecule has 294 valence electrons. The molecule has 6 atom stereocenters. The monoisotopic (exact) mass is 1420 g/mol. The fraction of sp³-hybridized carbons (Fsp3) is 0.414. The smallest absolute Gasteiger partial charge is 0.257 e. The summed E-state index contributed by atoms with van der Waals surface area (Å²) >= 11 is 10.6. The topological polar surface area (TPSA) is 307 Å². The van der Waals surface area contributed by atoms with Gasteiger partial charge in [0.15, 0.2) is 4.05 Å². The molecule has 2 aromatic carbocycles. The molecule has 0 bridgehead atoms.